The van der Waals surface area contributed by atoms with Gasteiger partial charge in [0.05, 0.1) is 69.8 Å². The van der Waals surface area contributed by atoms with Gasteiger partial charge in [-0.3, -0.25) is 59.9 Å². The van der Waals surface area contributed by atoms with Gasteiger partial charge in [-0.25, -0.2) is 0 Å². The zero-order chi connectivity index (χ0) is 66.3. The highest BCUT2D eigenvalue weighted by Gasteiger charge is 2.03. The first-order valence-electron chi connectivity index (χ1n) is 35.8. The van der Waals surface area contributed by atoms with Crippen LogP contribution >= 0.6 is 35.3 Å². The fraction of sp³-hybridized carbons (Fsp3) is 0.750. The molecule has 0 aromatic carbocycles. The molecule has 0 bridgehead atoms. The lowest BCUT2D eigenvalue weighted by molar-refractivity contribution is 0.174. The summed E-state index contributed by atoms with van der Waals surface area (Å²) in [5.41, 5.74) is 8.26. The van der Waals surface area contributed by atoms with Gasteiger partial charge in [-0.15, -0.1) is 23.5 Å². The summed E-state index contributed by atoms with van der Waals surface area (Å²) in [4.78, 5) is 47.7. The zero-order valence-corrected chi connectivity index (χ0v) is 60.5. The average molecular weight is 1350 g/mol. The Morgan fingerprint density at radius 2 is 0.806 bits per heavy atom. The molecule has 0 atom stereocenters. The van der Waals surface area contributed by atoms with Gasteiger partial charge in [0, 0.05) is 114 Å². The van der Waals surface area contributed by atoms with E-state index in [2.05, 4.69) is 100 Å². The fourth-order valence-electron chi connectivity index (χ4n) is 8.86. The molecule has 3 fully saturated rings. The van der Waals surface area contributed by atoms with Crippen LogP contribution in [-0.4, -0.2) is 228 Å². The minimum Gasteiger partial charge on any atom is -0.483 e. The predicted molar refractivity (Wildman–Crippen MR) is 420 cm³/mol. The van der Waals surface area contributed by atoms with Crippen molar-refractivity contribution in [3.8, 4) is 0 Å². The SMILES string of the molecule is C1=NCCC1.C1=NCCCC1.C1=NCCCCC1.C1=NCCCCN1.C1=NCCCCO1.C1=NCCCCS1.C1=NCCN1.C1=NCCNC1.C1=NCCO1.C1=NCCOC1.C1=NCCS1.C1=NCCSC1.C=C1CCCC1.C=C1CCCCC1.C=C1CCCCCC1. The van der Waals surface area contributed by atoms with Crippen LogP contribution in [0.5, 0.6) is 0 Å². The molecule has 0 aromatic heterocycles. The van der Waals surface area contributed by atoms with Gasteiger partial charge in [0.1, 0.15) is 6.61 Å². The maximum atomic E-state index is 4.92. The molecule has 3 aliphatic carbocycles. The molecule has 21 heteroatoms. The van der Waals surface area contributed by atoms with Gasteiger partial charge >= 0.3 is 0 Å². The molecule has 93 heavy (non-hydrogen) atoms. The first kappa shape index (κ1) is 86.4. The van der Waals surface area contributed by atoms with E-state index < -0.39 is 0 Å². The third-order valence-corrected chi connectivity index (χ3v) is 16.7. The van der Waals surface area contributed by atoms with Crippen molar-refractivity contribution in [1.29, 1.82) is 0 Å². The molecular weight excluding hydrogens is 1220 g/mol. The minimum absolute atomic E-state index is 0.708. The summed E-state index contributed by atoms with van der Waals surface area (Å²) in [6.07, 6.45) is 57.7. The molecular formula is C72H129N15O3S3. The predicted octanol–water partition coefficient (Wildman–Crippen LogP) is 15.0. The van der Waals surface area contributed by atoms with Crippen LogP contribution in [0.1, 0.15) is 193 Å². The summed E-state index contributed by atoms with van der Waals surface area (Å²) in [5, 5.41) is 9.12. The lowest BCUT2D eigenvalue weighted by atomic mass is 9.97. The van der Waals surface area contributed by atoms with Crippen LogP contribution in [0.15, 0.2) is 96.4 Å². The standard InChI is InChI=1S/C8H14.C7H12.C6H11N.C6H10.C5H10N2.C5H9NO.C5H9NS.C5H9N.C4H8N2.C4H7NO.C4H7NS.C4H7N.C3H6N2.C3H5NO.C3H5NS/c1-8-6-4-2-3-5-7-8;1-7-5-3-2-4-6-7;1-2-4-6-7-5-3-1;1-6-4-2-3-5-6;3*1-2-4-7-5-6-3-1;1-2-4-6-5-3-1;1-2-6-4-3-5-1;2*1-3-6-4-2-5-1;1-2-4-5-3-1;3*1-2-5-3-4-1/h1-7H2;1-6H2;5H,1-4,6H2;1-5H2;5H,1-4H2,(H,6,7);2*5H,1-4H2;4H,1-3,5H2;1,6H,2-4H2;2*1H,2-4H2;3H,1-2,4H2;3H,1-2H2,(H,4,5);2*3H,1-2H2. The van der Waals surface area contributed by atoms with E-state index in [0.717, 1.165) is 137 Å². The smallest absolute Gasteiger partial charge is 0.169 e. The van der Waals surface area contributed by atoms with Crippen molar-refractivity contribution in [2.75, 3.05) is 154 Å². The Labute approximate surface area is 579 Å². The minimum atomic E-state index is 0.708. The number of hydrogen-bond acceptors (Lipinski definition) is 21. The Morgan fingerprint density at radius 3 is 1.24 bits per heavy atom. The van der Waals surface area contributed by atoms with E-state index >= 15 is 0 Å². The third kappa shape index (κ3) is 76.3. The molecule has 3 saturated carbocycles. The van der Waals surface area contributed by atoms with E-state index in [1.165, 1.54) is 227 Å². The molecule has 3 N–H and O–H groups in total. The van der Waals surface area contributed by atoms with Crippen molar-refractivity contribution >= 4 is 109 Å². The summed E-state index contributed by atoms with van der Waals surface area (Å²) in [6.45, 7) is 30.9. The highest BCUT2D eigenvalue weighted by molar-refractivity contribution is 8.12. The number of allylic oxidation sites excluding steroid dienone is 3. The lowest BCUT2D eigenvalue weighted by Crippen LogP contribution is -2.23. The van der Waals surface area contributed by atoms with Gasteiger partial charge < -0.3 is 30.2 Å². The van der Waals surface area contributed by atoms with E-state index in [9.17, 15) is 0 Å². The second-order valence-electron chi connectivity index (χ2n) is 22.9. The molecule has 12 aliphatic heterocycles. The zero-order valence-electron chi connectivity index (χ0n) is 58.0. The van der Waals surface area contributed by atoms with E-state index in [4.69, 9.17) is 9.47 Å². The Kier molecular flexibility index (Phi) is 72.6. The highest BCUT2D eigenvalue weighted by atomic mass is 32.2. The number of aliphatic imine (C=N–C) groups is 12. The quantitative estimate of drug-likeness (QED) is 0.155. The van der Waals surface area contributed by atoms with Crippen molar-refractivity contribution in [2.24, 2.45) is 59.9 Å². The van der Waals surface area contributed by atoms with Gasteiger partial charge in [0.2, 0.25) is 0 Å². The fourth-order valence-corrected chi connectivity index (χ4v) is 10.7. The Hall–Kier alpha value is -4.57. The largest absolute Gasteiger partial charge is 0.483 e. The molecule has 0 radical (unpaired) electrons. The number of ether oxygens (including phenoxy) is 3. The first-order chi connectivity index (χ1) is 46.2. The normalized spacial score (nSPS) is 21.3. The maximum Gasteiger partial charge on any atom is 0.169 e. The molecule has 15 aliphatic rings. The molecule has 0 unspecified atom stereocenters. The van der Waals surface area contributed by atoms with E-state index in [0.29, 0.717) is 6.61 Å². The van der Waals surface area contributed by atoms with Crippen LogP contribution in [0.4, 0.5) is 0 Å². The summed E-state index contributed by atoms with van der Waals surface area (Å²) >= 11 is 5.55. The summed E-state index contributed by atoms with van der Waals surface area (Å²) < 4.78 is 14.5. The summed E-state index contributed by atoms with van der Waals surface area (Å²) in [6, 6.07) is 0. The average Bonchev–Trinajstić information content (AvgIpc) is 4.57. The number of nitrogens with one attached hydrogen (secondary N) is 3. The van der Waals surface area contributed by atoms with Gasteiger partial charge in [-0.1, -0.05) is 62.1 Å². The molecule has 18 nitrogen and oxygen atoms in total. The monoisotopic (exact) mass is 1350 g/mol. The molecule has 0 spiro atoms. The molecule has 0 aromatic rings. The van der Waals surface area contributed by atoms with Crippen molar-refractivity contribution < 1.29 is 14.2 Å². The third-order valence-electron chi connectivity index (χ3n) is 14.3. The summed E-state index contributed by atoms with van der Waals surface area (Å²) in [5.74, 6) is 4.81. The van der Waals surface area contributed by atoms with Crippen LogP contribution in [-0.2, 0) is 14.2 Å². The van der Waals surface area contributed by atoms with Crippen molar-refractivity contribution in [1.82, 2.24) is 16.0 Å². The van der Waals surface area contributed by atoms with Crippen LogP contribution in [0, 0.1) is 0 Å². The van der Waals surface area contributed by atoms with Crippen LogP contribution < -0.4 is 16.0 Å². The second-order valence-corrected chi connectivity index (χ2v) is 26.0. The van der Waals surface area contributed by atoms with Crippen molar-refractivity contribution in [3.63, 3.8) is 0 Å². The number of rotatable bonds is 0. The molecule has 0 saturated heterocycles. The van der Waals surface area contributed by atoms with Crippen LogP contribution in [0.2, 0.25) is 0 Å². The van der Waals surface area contributed by atoms with Gasteiger partial charge in [-0.05, 0) is 191 Å². The van der Waals surface area contributed by atoms with E-state index in [-0.39, 0.29) is 0 Å². The highest BCUT2D eigenvalue weighted by Crippen LogP contribution is 2.22. The Morgan fingerprint density at radius 1 is 0.333 bits per heavy atom. The second kappa shape index (κ2) is 78.1. The molecule has 15 rings (SSSR count). The van der Waals surface area contributed by atoms with Gasteiger partial charge in [-0.2, -0.15) is 11.8 Å². The lowest BCUT2D eigenvalue weighted by Gasteiger charge is -2.10. The Bertz CT molecular complexity index is 1720. The van der Waals surface area contributed by atoms with Crippen molar-refractivity contribution in [2.45, 2.75) is 193 Å². The van der Waals surface area contributed by atoms with E-state index in [1.54, 1.807) is 37.1 Å². The molecule has 528 valence electrons. The molecule has 12 heterocycles. The Balaban J connectivity index is 0.000000499. The van der Waals surface area contributed by atoms with Crippen molar-refractivity contribution in [3.05, 3.63) is 36.5 Å². The van der Waals surface area contributed by atoms with Crippen LogP contribution in [0.3, 0.4) is 0 Å². The van der Waals surface area contributed by atoms with Gasteiger partial charge in [0.25, 0.3) is 0 Å². The van der Waals surface area contributed by atoms with Crippen LogP contribution in [0.25, 0.3) is 0 Å². The topological polar surface area (TPSA) is 212 Å². The number of hydrogen-bond donors (Lipinski definition) is 3. The number of nitrogens with zero attached hydrogens (tertiary/aromatic N) is 12. The maximum absolute atomic E-state index is 4.92. The summed E-state index contributed by atoms with van der Waals surface area (Å²) in [7, 11) is 0. The first-order valence-corrected chi connectivity index (χ1v) is 39.0. The molecule has 0 amide bonds. The van der Waals surface area contributed by atoms with E-state index in [1.807, 2.05) is 65.7 Å². The number of thioether (sulfide) groups is 3. The van der Waals surface area contributed by atoms with Gasteiger partial charge in [0.15, 0.2) is 12.8 Å².